The van der Waals surface area contributed by atoms with Crippen LogP contribution in [0.3, 0.4) is 0 Å². The fourth-order valence-electron chi connectivity index (χ4n) is 10.7. The molecule has 282 valence electrons. The lowest BCUT2D eigenvalue weighted by atomic mass is 9.62. The van der Waals surface area contributed by atoms with Gasteiger partial charge in [0.05, 0.1) is 22.9 Å². The molecule has 0 spiro atoms. The van der Waals surface area contributed by atoms with Gasteiger partial charge in [-0.15, -0.1) is 0 Å². The molecule has 0 radical (unpaired) electrons. The smallest absolute Gasteiger partial charge is 0.217 e. The third kappa shape index (κ3) is 5.48. The first-order chi connectivity index (χ1) is 24.7. The zero-order chi connectivity index (χ0) is 38.6. The second-order valence-electron chi connectivity index (χ2n) is 19.4. The summed E-state index contributed by atoms with van der Waals surface area (Å²) in [6.07, 6.45) is 11.9. The number of rotatable bonds is 6. The van der Waals surface area contributed by atoms with Crippen LogP contribution in [0.1, 0.15) is 153 Å². The van der Waals surface area contributed by atoms with Crippen LogP contribution in [-0.4, -0.2) is 5.11 Å². The Balaban J connectivity index is 1.41. The van der Waals surface area contributed by atoms with Crippen LogP contribution in [0.2, 0.25) is 0 Å². The minimum absolute atomic E-state index is 0.000800. The van der Waals surface area contributed by atoms with E-state index < -0.39 is 0 Å². The van der Waals surface area contributed by atoms with Gasteiger partial charge >= 0.3 is 0 Å². The SMILES string of the molecule is CCC1(CC)C(CC[n+]2ccccc2-c2cc3c(cc2C)C(C)(C)CCC3(C)C)c2c(N)c(N)c(N)c(O)c2-c2cc3c(c[n+]21)C(C)(C)CCC3(C)C. The summed E-state index contributed by atoms with van der Waals surface area (Å²) < 4.78 is 4.95. The van der Waals surface area contributed by atoms with E-state index in [2.05, 4.69) is 134 Å². The molecule has 4 aromatic rings. The maximum atomic E-state index is 12.0. The number of fused-ring (bicyclic) bond motifs is 5. The van der Waals surface area contributed by atoms with Crippen molar-refractivity contribution in [3.8, 4) is 28.3 Å². The topological polar surface area (TPSA) is 106 Å². The first kappa shape index (κ1) is 37.3. The predicted octanol–water partition coefficient (Wildman–Crippen LogP) is 9.76. The summed E-state index contributed by atoms with van der Waals surface area (Å²) in [5, 5.41) is 12.0. The minimum atomic E-state index is -0.301. The molecule has 0 amide bonds. The summed E-state index contributed by atoms with van der Waals surface area (Å²) in [4.78, 5) is 0. The van der Waals surface area contributed by atoms with Crippen molar-refractivity contribution in [2.24, 2.45) is 0 Å². The zero-order valence-electron chi connectivity index (χ0n) is 34.4. The molecule has 7 rings (SSSR count). The Hall–Kier alpha value is -4.06. The second kappa shape index (κ2) is 12.2. The minimum Gasteiger partial charge on any atom is -0.505 e. The molecule has 3 heterocycles. The van der Waals surface area contributed by atoms with E-state index >= 15 is 0 Å². The van der Waals surface area contributed by atoms with E-state index in [0.29, 0.717) is 5.69 Å². The van der Waals surface area contributed by atoms with E-state index in [0.717, 1.165) is 55.5 Å². The number of phenols is 1. The van der Waals surface area contributed by atoms with Crippen LogP contribution in [0, 0.1) is 6.92 Å². The maximum absolute atomic E-state index is 12.0. The van der Waals surface area contributed by atoms with Crippen LogP contribution in [-0.2, 0) is 33.7 Å². The Morgan fingerprint density at radius 3 is 1.83 bits per heavy atom. The number of phenolic OH excluding ortho intramolecular Hbond substituents is 1. The first-order valence-electron chi connectivity index (χ1n) is 20.2. The van der Waals surface area contributed by atoms with Crippen molar-refractivity contribution in [1.82, 2.24) is 0 Å². The number of nitrogen functional groups attached to an aromatic ring is 3. The van der Waals surface area contributed by atoms with E-state index in [9.17, 15) is 5.11 Å². The molecule has 6 heteroatoms. The third-order valence-electron chi connectivity index (χ3n) is 14.6. The standard InChI is InChI=1S/C47H63N5O/c1-12-47(13-2)30(17-23-51-22-15-14-16-35(51)29-25-32-31(24-28(29)3)43(4,5)18-19-44(32,6)7)37-38(42(53)41(50)40(49)39(37)48)36-26-33-34(27-52(36)47)46(10,11)21-20-45(33,8)9/h14-16,22,24-27,30H,12-13,17-21,23,48,50H2,1-11H3,(H-,49,53)/p+2. The van der Waals surface area contributed by atoms with Gasteiger partial charge < -0.3 is 22.3 Å². The molecule has 6 nitrogen and oxygen atoms in total. The van der Waals surface area contributed by atoms with Crippen LogP contribution < -0.4 is 26.3 Å². The van der Waals surface area contributed by atoms with Gasteiger partial charge in [0.2, 0.25) is 11.4 Å². The van der Waals surface area contributed by atoms with Crippen molar-refractivity contribution < 1.29 is 14.2 Å². The Labute approximate surface area is 318 Å². The fourth-order valence-corrected chi connectivity index (χ4v) is 10.7. The summed E-state index contributed by atoms with van der Waals surface area (Å²) in [5.41, 5.74) is 33.4. The largest absolute Gasteiger partial charge is 0.505 e. The molecule has 0 bridgehead atoms. The number of benzene rings is 2. The number of hydrogen-bond donors (Lipinski definition) is 4. The van der Waals surface area contributed by atoms with Crippen molar-refractivity contribution in [3.63, 3.8) is 0 Å². The highest BCUT2D eigenvalue weighted by molar-refractivity contribution is 5.94. The molecule has 53 heavy (non-hydrogen) atoms. The Morgan fingerprint density at radius 2 is 1.25 bits per heavy atom. The van der Waals surface area contributed by atoms with Gasteiger partial charge in [-0.05, 0) is 88.7 Å². The van der Waals surface area contributed by atoms with Gasteiger partial charge in [0.25, 0.3) is 0 Å². The van der Waals surface area contributed by atoms with E-state index in [-0.39, 0.29) is 50.2 Å². The number of aryl methyl sites for hydroxylation is 2. The van der Waals surface area contributed by atoms with Crippen LogP contribution in [0.25, 0.3) is 22.5 Å². The monoisotopic (exact) mass is 716 g/mol. The van der Waals surface area contributed by atoms with Crippen molar-refractivity contribution in [2.45, 2.75) is 161 Å². The third-order valence-corrected chi connectivity index (χ3v) is 14.6. The van der Waals surface area contributed by atoms with E-state index in [1.165, 1.54) is 51.9 Å². The average Bonchev–Trinajstić information content (AvgIpc) is 3.11. The lowest BCUT2D eigenvalue weighted by molar-refractivity contribution is -0.765. The molecular formula is C47H65N5O+2. The molecule has 0 saturated carbocycles. The quantitative estimate of drug-likeness (QED) is 0.0690. The number of aromatic hydroxyl groups is 1. The normalized spacial score (nSPS) is 21.2. The van der Waals surface area contributed by atoms with Gasteiger partial charge in [-0.3, -0.25) is 0 Å². The van der Waals surface area contributed by atoms with Gasteiger partial charge in [0.15, 0.2) is 23.7 Å². The van der Waals surface area contributed by atoms with Gasteiger partial charge in [-0.2, -0.15) is 9.13 Å². The van der Waals surface area contributed by atoms with Crippen molar-refractivity contribution in [3.05, 3.63) is 82.2 Å². The number of anilines is 3. The van der Waals surface area contributed by atoms with Crippen LogP contribution >= 0.6 is 0 Å². The molecule has 3 aliphatic rings. The summed E-state index contributed by atoms with van der Waals surface area (Å²) in [7, 11) is 0. The maximum Gasteiger partial charge on any atom is 0.217 e. The van der Waals surface area contributed by atoms with E-state index in [4.69, 9.17) is 17.2 Å². The van der Waals surface area contributed by atoms with Crippen molar-refractivity contribution in [2.75, 3.05) is 17.2 Å². The van der Waals surface area contributed by atoms with Crippen LogP contribution in [0.4, 0.5) is 17.1 Å². The van der Waals surface area contributed by atoms with Crippen molar-refractivity contribution >= 4 is 17.1 Å². The summed E-state index contributed by atoms with van der Waals surface area (Å²) in [5.74, 6) is 0.0174. The Bertz CT molecular complexity index is 2130. The average molecular weight is 716 g/mol. The number of pyridine rings is 2. The molecule has 7 N–H and O–H groups in total. The summed E-state index contributed by atoms with van der Waals surface area (Å²) in [6, 6.07) is 13.9. The highest BCUT2D eigenvalue weighted by Gasteiger charge is 2.55. The molecular weight excluding hydrogens is 651 g/mol. The molecule has 2 aliphatic carbocycles. The van der Waals surface area contributed by atoms with Gasteiger partial charge in [-0.25, -0.2) is 0 Å². The molecule has 0 saturated heterocycles. The Kier molecular flexibility index (Phi) is 8.60. The molecule has 1 atom stereocenters. The zero-order valence-corrected chi connectivity index (χ0v) is 34.4. The van der Waals surface area contributed by atoms with Gasteiger partial charge in [0.1, 0.15) is 12.2 Å². The lowest BCUT2D eigenvalue weighted by Gasteiger charge is -2.45. The van der Waals surface area contributed by atoms with Gasteiger partial charge in [0, 0.05) is 54.2 Å². The second-order valence-corrected chi connectivity index (χ2v) is 19.4. The Morgan fingerprint density at radius 1 is 0.698 bits per heavy atom. The predicted molar refractivity (Wildman–Crippen MR) is 220 cm³/mol. The number of nitrogens with zero attached hydrogens (tertiary/aromatic N) is 2. The van der Waals surface area contributed by atoms with Crippen LogP contribution in [0.5, 0.6) is 5.75 Å². The number of hydrogen-bond acceptors (Lipinski definition) is 4. The molecule has 1 aliphatic heterocycles. The highest BCUT2D eigenvalue weighted by atomic mass is 16.3. The molecule has 1 unspecified atom stereocenters. The number of aromatic nitrogens is 2. The van der Waals surface area contributed by atoms with Crippen molar-refractivity contribution in [1.29, 1.82) is 0 Å². The van der Waals surface area contributed by atoms with Crippen LogP contribution in [0.15, 0.2) is 48.8 Å². The summed E-state index contributed by atoms with van der Waals surface area (Å²) >= 11 is 0. The first-order valence-corrected chi connectivity index (χ1v) is 20.2. The van der Waals surface area contributed by atoms with E-state index in [1.54, 1.807) is 0 Å². The number of nitrogens with two attached hydrogens (primary N) is 3. The molecule has 0 fully saturated rings. The van der Waals surface area contributed by atoms with Gasteiger partial charge in [-0.1, -0.05) is 75.3 Å². The summed E-state index contributed by atoms with van der Waals surface area (Å²) in [6.45, 7) is 26.7. The van der Waals surface area contributed by atoms with E-state index in [1.807, 2.05) is 0 Å². The highest BCUT2D eigenvalue weighted by Crippen LogP contribution is 2.57. The lowest BCUT2D eigenvalue weighted by Crippen LogP contribution is -2.63. The fraction of sp³-hybridized carbons (Fsp3) is 0.532. The molecule has 2 aromatic heterocycles. The molecule has 2 aromatic carbocycles.